The molecule has 2 amide bonds. The molecule has 0 radical (unpaired) electrons. The molecular weight excluding hydrogens is 338 g/mol. The van der Waals surface area contributed by atoms with Crippen molar-refractivity contribution in [2.45, 2.75) is 38.5 Å². The highest BCUT2D eigenvalue weighted by atomic mass is 32.2. The molecule has 6 nitrogen and oxygen atoms in total. The lowest BCUT2D eigenvalue weighted by molar-refractivity contribution is -0.113. The fourth-order valence-electron chi connectivity index (χ4n) is 2.42. The third-order valence-corrected chi connectivity index (χ3v) is 4.98. The third kappa shape index (κ3) is 4.63. The zero-order valence-electron chi connectivity index (χ0n) is 14.3. The van der Waals surface area contributed by atoms with Crippen molar-refractivity contribution in [3.63, 3.8) is 0 Å². The van der Waals surface area contributed by atoms with E-state index in [-0.39, 0.29) is 17.9 Å². The van der Waals surface area contributed by atoms with Crippen molar-refractivity contribution in [3.8, 4) is 0 Å². The van der Waals surface area contributed by atoms with Crippen molar-refractivity contribution in [3.05, 3.63) is 46.8 Å². The summed E-state index contributed by atoms with van der Waals surface area (Å²) < 4.78 is 5.12. The number of carbonyl (C=O) groups is 2. The Kier molecular flexibility index (Phi) is 5.43. The number of anilines is 1. The van der Waals surface area contributed by atoms with Crippen LogP contribution in [0.1, 0.15) is 40.2 Å². The normalized spacial score (nSPS) is 13.5. The Bertz CT molecular complexity index is 764. The number of thioether (sulfide) groups is 1. The summed E-state index contributed by atoms with van der Waals surface area (Å²) in [7, 11) is 0. The molecule has 1 saturated carbocycles. The number of nitrogens with zero attached hydrogens (tertiary/aromatic N) is 1. The van der Waals surface area contributed by atoms with Crippen LogP contribution < -0.4 is 10.6 Å². The number of amides is 2. The maximum absolute atomic E-state index is 12.3. The van der Waals surface area contributed by atoms with Crippen LogP contribution in [0.5, 0.6) is 0 Å². The van der Waals surface area contributed by atoms with Gasteiger partial charge in [-0.3, -0.25) is 9.59 Å². The molecule has 0 spiro atoms. The van der Waals surface area contributed by atoms with Crippen molar-refractivity contribution < 1.29 is 14.1 Å². The number of benzene rings is 1. The predicted octanol–water partition coefficient (Wildman–Crippen LogP) is 3.06. The summed E-state index contributed by atoms with van der Waals surface area (Å²) in [4.78, 5) is 24.5. The smallest absolute Gasteiger partial charge is 0.253 e. The summed E-state index contributed by atoms with van der Waals surface area (Å²) in [5.74, 6) is 1.47. The molecule has 7 heteroatoms. The number of hydrogen-bond acceptors (Lipinski definition) is 5. The van der Waals surface area contributed by atoms with Gasteiger partial charge in [0.2, 0.25) is 5.91 Å². The number of para-hydroxylation sites is 1. The van der Waals surface area contributed by atoms with E-state index in [1.165, 1.54) is 11.8 Å². The third-order valence-electron chi connectivity index (χ3n) is 4.02. The van der Waals surface area contributed by atoms with E-state index < -0.39 is 0 Å². The summed E-state index contributed by atoms with van der Waals surface area (Å²) in [5.41, 5.74) is 2.93. The number of nitrogens with one attached hydrogen (secondary N) is 2. The van der Waals surface area contributed by atoms with E-state index >= 15 is 0 Å². The van der Waals surface area contributed by atoms with Gasteiger partial charge in [0.05, 0.1) is 22.7 Å². The molecule has 0 aliphatic heterocycles. The largest absolute Gasteiger partial charge is 0.361 e. The van der Waals surface area contributed by atoms with Gasteiger partial charge in [-0.2, -0.15) is 0 Å². The fourth-order valence-corrected chi connectivity index (χ4v) is 3.40. The minimum absolute atomic E-state index is 0.136. The van der Waals surface area contributed by atoms with Crippen molar-refractivity contribution >= 4 is 29.3 Å². The molecule has 2 N–H and O–H groups in total. The lowest BCUT2D eigenvalue weighted by Gasteiger charge is -2.11. The molecule has 1 aliphatic carbocycles. The van der Waals surface area contributed by atoms with Crippen molar-refractivity contribution in [1.82, 2.24) is 10.5 Å². The molecule has 1 aromatic carbocycles. The quantitative estimate of drug-likeness (QED) is 0.794. The van der Waals surface area contributed by atoms with Crippen LogP contribution in [0, 0.1) is 13.8 Å². The lowest BCUT2D eigenvalue weighted by atomic mass is 10.1. The molecule has 0 bridgehead atoms. The van der Waals surface area contributed by atoms with E-state index in [2.05, 4.69) is 15.8 Å². The first-order valence-corrected chi connectivity index (χ1v) is 9.39. The Balaban J connectivity index is 1.55. The van der Waals surface area contributed by atoms with Crippen LogP contribution in [0.15, 0.2) is 28.8 Å². The van der Waals surface area contributed by atoms with Gasteiger partial charge in [0.1, 0.15) is 5.76 Å². The molecule has 0 saturated heterocycles. The van der Waals surface area contributed by atoms with Crippen LogP contribution in [0.4, 0.5) is 5.69 Å². The van der Waals surface area contributed by atoms with E-state index in [1.807, 2.05) is 13.8 Å². The summed E-state index contributed by atoms with van der Waals surface area (Å²) in [6.45, 7) is 3.76. The molecule has 1 aliphatic rings. The zero-order valence-corrected chi connectivity index (χ0v) is 15.1. The van der Waals surface area contributed by atoms with Crippen molar-refractivity contribution in [2.24, 2.45) is 0 Å². The highest BCUT2D eigenvalue weighted by Crippen LogP contribution is 2.22. The second-order valence-electron chi connectivity index (χ2n) is 6.14. The Morgan fingerprint density at radius 3 is 2.72 bits per heavy atom. The Labute approximate surface area is 150 Å². The second kappa shape index (κ2) is 7.74. The van der Waals surface area contributed by atoms with Gasteiger partial charge in [0.15, 0.2) is 0 Å². The van der Waals surface area contributed by atoms with Crippen LogP contribution in [0.25, 0.3) is 0 Å². The summed E-state index contributed by atoms with van der Waals surface area (Å²) in [5, 5.41) is 9.69. The Morgan fingerprint density at radius 2 is 2.04 bits per heavy atom. The molecule has 0 unspecified atom stereocenters. The van der Waals surface area contributed by atoms with Crippen LogP contribution in [-0.4, -0.2) is 28.8 Å². The minimum atomic E-state index is -0.137. The Morgan fingerprint density at radius 1 is 1.28 bits per heavy atom. The van der Waals surface area contributed by atoms with Gasteiger partial charge in [-0.05, 0) is 38.8 Å². The van der Waals surface area contributed by atoms with Crippen molar-refractivity contribution in [2.75, 3.05) is 11.1 Å². The lowest BCUT2D eigenvalue weighted by Crippen LogP contribution is -2.27. The topological polar surface area (TPSA) is 84.2 Å². The van der Waals surface area contributed by atoms with Crippen LogP contribution in [0.2, 0.25) is 0 Å². The second-order valence-corrected chi connectivity index (χ2v) is 7.12. The molecule has 1 fully saturated rings. The maximum Gasteiger partial charge on any atom is 0.253 e. The molecule has 0 atom stereocenters. The molecule has 2 aromatic rings. The van der Waals surface area contributed by atoms with E-state index in [1.54, 1.807) is 24.3 Å². The van der Waals surface area contributed by atoms with E-state index in [4.69, 9.17) is 4.52 Å². The highest BCUT2D eigenvalue weighted by molar-refractivity contribution is 7.99. The summed E-state index contributed by atoms with van der Waals surface area (Å²) in [6.07, 6.45) is 2.05. The van der Waals surface area contributed by atoms with Gasteiger partial charge < -0.3 is 15.2 Å². The number of carbonyl (C=O) groups excluding carboxylic acids is 2. The molecule has 25 heavy (non-hydrogen) atoms. The molecule has 3 rings (SSSR count). The van der Waals surface area contributed by atoms with Gasteiger partial charge in [-0.15, -0.1) is 11.8 Å². The number of aryl methyl sites for hydroxylation is 2. The summed E-state index contributed by atoms with van der Waals surface area (Å²) >= 11 is 1.49. The Hall–Kier alpha value is -2.28. The molecule has 132 valence electrons. The number of rotatable bonds is 7. The molecule has 1 aromatic heterocycles. The van der Waals surface area contributed by atoms with Gasteiger partial charge in [-0.1, -0.05) is 17.3 Å². The SMILES string of the molecule is Cc1noc(C)c1CSCC(=O)Nc1ccccc1C(=O)NC1CC1. The maximum atomic E-state index is 12.3. The van der Waals surface area contributed by atoms with Crippen molar-refractivity contribution in [1.29, 1.82) is 0 Å². The molecular formula is C18H21N3O3S. The van der Waals surface area contributed by atoms with E-state index in [0.29, 0.717) is 22.8 Å². The molecule has 1 heterocycles. The average molecular weight is 359 g/mol. The van der Waals surface area contributed by atoms with Gasteiger partial charge in [0.25, 0.3) is 5.91 Å². The number of hydrogen-bond donors (Lipinski definition) is 2. The van der Waals surface area contributed by atoms with Crippen LogP contribution in [0.3, 0.4) is 0 Å². The van der Waals surface area contributed by atoms with Crippen LogP contribution in [-0.2, 0) is 10.5 Å². The number of aromatic nitrogens is 1. The van der Waals surface area contributed by atoms with E-state index in [0.717, 1.165) is 29.9 Å². The standard InChI is InChI=1S/C18H21N3O3S/c1-11-15(12(2)24-21-11)9-25-10-17(22)20-16-6-4-3-5-14(16)18(23)19-13-7-8-13/h3-6,13H,7-10H2,1-2H3,(H,19,23)(H,20,22). The van der Waals surface area contributed by atoms with Gasteiger partial charge in [-0.25, -0.2) is 0 Å². The summed E-state index contributed by atoms with van der Waals surface area (Å²) in [6, 6.07) is 7.36. The first kappa shape index (κ1) is 17.5. The van der Waals surface area contributed by atoms with Crippen LogP contribution >= 0.6 is 11.8 Å². The first-order chi connectivity index (χ1) is 12.0. The monoisotopic (exact) mass is 359 g/mol. The van der Waals surface area contributed by atoms with E-state index in [9.17, 15) is 9.59 Å². The van der Waals surface area contributed by atoms with Gasteiger partial charge >= 0.3 is 0 Å². The average Bonchev–Trinajstić information content (AvgIpc) is 3.35. The van der Waals surface area contributed by atoms with Gasteiger partial charge in [0, 0.05) is 17.4 Å². The fraction of sp³-hybridized carbons (Fsp3) is 0.389. The highest BCUT2D eigenvalue weighted by Gasteiger charge is 2.25. The predicted molar refractivity (Wildman–Crippen MR) is 97.7 cm³/mol. The zero-order chi connectivity index (χ0) is 17.8. The minimum Gasteiger partial charge on any atom is -0.361 e. The first-order valence-electron chi connectivity index (χ1n) is 8.24.